The molecule has 1 amide bonds. The van der Waals surface area contributed by atoms with Crippen LogP contribution in [0.25, 0.3) is 22.0 Å². The van der Waals surface area contributed by atoms with Crippen molar-refractivity contribution in [2.75, 3.05) is 19.8 Å². The molecule has 7 heteroatoms. The van der Waals surface area contributed by atoms with E-state index in [0.717, 1.165) is 60.1 Å². The molecule has 2 heterocycles. The number of nitrogens with zero attached hydrogens (tertiary/aromatic N) is 2. The summed E-state index contributed by atoms with van der Waals surface area (Å²) in [6, 6.07) is 23.7. The standard InChI is InChI=1S/C38H47N3O4/c1-7-31(33-13-9-8-12-32(33)26(2)3)36(27-15-18-30(19-16-27)43-23-21-39-37(42)45-38(4,5)6)28-17-20-34-29(24-28)25-40-41(34)35-14-10-11-22-44-35/h8-9,12-13,15-20,24-26,35H,7,10-11,14,21-23H2,1-6H3,(H,39,42). The van der Waals surface area contributed by atoms with Gasteiger partial charge in [-0.25, -0.2) is 9.48 Å². The summed E-state index contributed by atoms with van der Waals surface area (Å²) < 4.78 is 19.4. The number of carbonyl (C=O) groups is 1. The van der Waals surface area contributed by atoms with Crippen LogP contribution in [0.5, 0.6) is 5.75 Å². The number of benzene rings is 3. The zero-order valence-electron chi connectivity index (χ0n) is 27.6. The van der Waals surface area contributed by atoms with Gasteiger partial charge in [-0.05, 0) is 110 Å². The first-order valence-electron chi connectivity index (χ1n) is 16.3. The van der Waals surface area contributed by atoms with Gasteiger partial charge in [0.15, 0.2) is 6.23 Å². The number of carbonyl (C=O) groups excluding carboxylic acids is 1. The van der Waals surface area contributed by atoms with Gasteiger partial charge in [-0.15, -0.1) is 0 Å². The number of hydrogen-bond donors (Lipinski definition) is 1. The molecule has 1 atom stereocenters. The lowest BCUT2D eigenvalue weighted by Gasteiger charge is -2.23. The van der Waals surface area contributed by atoms with Gasteiger partial charge in [0, 0.05) is 12.0 Å². The third-order valence-corrected chi connectivity index (χ3v) is 8.06. The van der Waals surface area contributed by atoms with Gasteiger partial charge in [0.05, 0.1) is 18.3 Å². The van der Waals surface area contributed by atoms with Gasteiger partial charge in [-0.1, -0.05) is 63.2 Å². The van der Waals surface area contributed by atoms with Crippen molar-refractivity contribution < 1.29 is 19.0 Å². The highest BCUT2D eigenvalue weighted by atomic mass is 16.6. The zero-order valence-corrected chi connectivity index (χ0v) is 27.6. The Bertz CT molecular complexity index is 1620. The van der Waals surface area contributed by atoms with Crippen LogP contribution in [0, 0.1) is 0 Å². The summed E-state index contributed by atoms with van der Waals surface area (Å²) in [7, 11) is 0. The van der Waals surface area contributed by atoms with Crippen LogP contribution in [0.4, 0.5) is 4.79 Å². The van der Waals surface area contributed by atoms with Crippen molar-refractivity contribution in [3.05, 3.63) is 95.2 Å². The Balaban J connectivity index is 1.47. The molecule has 4 aromatic rings. The predicted octanol–water partition coefficient (Wildman–Crippen LogP) is 9.13. The van der Waals surface area contributed by atoms with Crippen LogP contribution in [-0.4, -0.2) is 41.2 Å². The zero-order chi connectivity index (χ0) is 32.0. The van der Waals surface area contributed by atoms with Crippen molar-refractivity contribution >= 4 is 28.1 Å². The number of hydrogen-bond acceptors (Lipinski definition) is 5. The molecule has 0 bridgehead atoms. The molecular formula is C38H47N3O4. The van der Waals surface area contributed by atoms with Gasteiger partial charge in [0.2, 0.25) is 0 Å². The molecule has 1 aromatic heterocycles. The first-order chi connectivity index (χ1) is 21.6. The third-order valence-electron chi connectivity index (χ3n) is 8.06. The number of ether oxygens (including phenoxy) is 3. The summed E-state index contributed by atoms with van der Waals surface area (Å²) in [4.78, 5) is 12.0. The van der Waals surface area contributed by atoms with E-state index in [0.29, 0.717) is 19.1 Å². The van der Waals surface area contributed by atoms with E-state index in [1.807, 2.05) is 43.8 Å². The minimum Gasteiger partial charge on any atom is -0.492 e. The van der Waals surface area contributed by atoms with Gasteiger partial charge < -0.3 is 19.5 Å². The molecule has 7 nitrogen and oxygen atoms in total. The molecule has 238 valence electrons. The van der Waals surface area contributed by atoms with E-state index in [-0.39, 0.29) is 6.23 Å². The van der Waals surface area contributed by atoms with Crippen LogP contribution in [0.15, 0.2) is 72.9 Å². The lowest BCUT2D eigenvalue weighted by molar-refractivity contribution is -0.0366. The summed E-state index contributed by atoms with van der Waals surface area (Å²) in [5, 5.41) is 8.60. The molecule has 0 aliphatic carbocycles. The van der Waals surface area contributed by atoms with Crippen molar-refractivity contribution in [2.24, 2.45) is 0 Å². The molecule has 1 aliphatic rings. The predicted molar refractivity (Wildman–Crippen MR) is 181 cm³/mol. The number of aromatic nitrogens is 2. The van der Waals surface area contributed by atoms with Gasteiger partial charge in [0.25, 0.3) is 0 Å². The summed E-state index contributed by atoms with van der Waals surface area (Å²) in [6.45, 7) is 13.8. The third kappa shape index (κ3) is 7.95. The van der Waals surface area contributed by atoms with E-state index in [2.05, 4.69) is 80.7 Å². The lowest BCUT2D eigenvalue weighted by atomic mass is 9.84. The largest absolute Gasteiger partial charge is 0.492 e. The van der Waals surface area contributed by atoms with E-state index < -0.39 is 11.7 Å². The SMILES string of the molecule is CCC(=C(c1ccc(OCCNC(=O)OC(C)(C)C)cc1)c1ccc2c(cnn2C2CCCCO2)c1)c1ccccc1C(C)C. The van der Waals surface area contributed by atoms with Crippen molar-refractivity contribution in [1.29, 1.82) is 0 Å². The summed E-state index contributed by atoms with van der Waals surface area (Å²) in [6.07, 6.45) is 5.64. The van der Waals surface area contributed by atoms with E-state index in [1.165, 1.54) is 22.3 Å². The Morgan fingerprint density at radius 3 is 2.49 bits per heavy atom. The van der Waals surface area contributed by atoms with Gasteiger partial charge in [-0.2, -0.15) is 5.10 Å². The maximum absolute atomic E-state index is 12.0. The van der Waals surface area contributed by atoms with Crippen molar-refractivity contribution in [2.45, 2.75) is 85.0 Å². The van der Waals surface area contributed by atoms with Gasteiger partial charge in [-0.3, -0.25) is 0 Å². The number of amides is 1. The Hall–Kier alpha value is -4.10. The van der Waals surface area contributed by atoms with Crippen LogP contribution in [0.1, 0.15) is 102 Å². The highest BCUT2D eigenvalue weighted by Gasteiger charge is 2.21. The molecule has 1 saturated heterocycles. The Kier molecular flexibility index (Phi) is 10.3. The van der Waals surface area contributed by atoms with E-state index >= 15 is 0 Å². The number of rotatable bonds is 10. The molecule has 1 unspecified atom stereocenters. The van der Waals surface area contributed by atoms with Gasteiger partial charge >= 0.3 is 6.09 Å². The molecule has 0 radical (unpaired) electrons. The maximum atomic E-state index is 12.0. The number of fused-ring (bicyclic) bond motifs is 1. The fourth-order valence-electron chi connectivity index (χ4n) is 6.00. The van der Waals surface area contributed by atoms with Crippen molar-refractivity contribution in [1.82, 2.24) is 15.1 Å². The number of nitrogens with one attached hydrogen (secondary N) is 1. The molecule has 1 N–H and O–H groups in total. The lowest BCUT2D eigenvalue weighted by Crippen LogP contribution is -2.34. The molecule has 5 rings (SSSR count). The first-order valence-corrected chi connectivity index (χ1v) is 16.3. The molecule has 45 heavy (non-hydrogen) atoms. The average molecular weight is 610 g/mol. The Morgan fingerprint density at radius 2 is 1.80 bits per heavy atom. The second kappa shape index (κ2) is 14.3. The van der Waals surface area contributed by atoms with Gasteiger partial charge in [0.1, 0.15) is 18.0 Å². The molecule has 1 aliphatic heterocycles. The minimum absolute atomic E-state index is 0.00638. The Morgan fingerprint density at radius 1 is 1.04 bits per heavy atom. The number of allylic oxidation sites excluding steroid dienone is 1. The highest BCUT2D eigenvalue weighted by molar-refractivity contribution is 6.01. The van der Waals surface area contributed by atoms with Crippen molar-refractivity contribution in [3.8, 4) is 5.75 Å². The fraction of sp³-hybridized carbons (Fsp3) is 0.421. The van der Waals surface area contributed by atoms with E-state index in [9.17, 15) is 4.79 Å². The maximum Gasteiger partial charge on any atom is 0.407 e. The van der Waals surface area contributed by atoms with Crippen LogP contribution in [0.3, 0.4) is 0 Å². The fourth-order valence-corrected chi connectivity index (χ4v) is 6.00. The first kappa shape index (κ1) is 32.3. The van der Waals surface area contributed by atoms with Crippen LogP contribution < -0.4 is 10.1 Å². The highest BCUT2D eigenvalue weighted by Crippen LogP contribution is 2.39. The number of alkyl carbamates (subject to hydrolysis) is 1. The van der Waals surface area contributed by atoms with E-state index in [4.69, 9.17) is 19.3 Å². The van der Waals surface area contributed by atoms with Crippen LogP contribution >= 0.6 is 0 Å². The monoisotopic (exact) mass is 609 g/mol. The normalized spacial score (nSPS) is 16.0. The smallest absolute Gasteiger partial charge is 0.407 e. The van der Waals surface area contributed by atoms with Crippen LogP contribution in [-0.2, 0) is 9.47 Å². The quantitative estimate of drug-likeness (QED) is 0.143. The summed E-state index contributed by atoms with van der Waals surface area (Å²) in [5.74, 6) is 1.14. The molecule has 3 aromatic carbocycles. The summed E-state index contributed by atoms with van der Waals surface area (Å²) >= 11 is 0. The summed E-state index contributed by atoms with van der Waals surface area (Å²) in [5.41, 5.74) is 7.95. The molecule has 1 fully saturated rings. The van der Waals surface area contributed by atoms with E-state index in [1.54, 1.807) is 0 Å². The second-order valence-electron chi connectivity index (χ2n) is 12.9. The molecule has 0 spiro atoms. The van der Waals surface area contributed by atoms with Crippen LogP contribution in [0.2, 0.25) is 0 Å². The topological polar surface area (TPSA) is 74.6 Å². The van der Waals surface area contributed by atoms with Crippen molar-refractivity contribution in [3.63, 3.8) is 0 Å². The second-order valence-corrected chi connectivity index (χ2v) is 12.9. The minimum atomic E-state index is -0.534. The average Bonchev–Trinajstić information content (AvgIpc) is 3.45. The molecular weight excluding hydrogens is 562 g/mol. The molecule has 0 saturated carbocycles. The Labute approximate surface area is 267 Å².